The number of rotatable bonds is 4. The van der Waals surface area contributed by atoms with E-state index in [-0.39, 0.29) is 5.78 Å². The normalized spacial score (nSPS) is 27.5. The zero-order valence-corrected chi connectivity index (χ0v) is 12.4. The lowest BCUT2D eigenvalue weighted by molar-refractivity contribution is 0.0808. The van der Waals surface area contributed by atoms with Gasteiger partial charge in [-0.05, 0) is 25.2 Å². The van der Waals surface area contributed by atoms with Crippen molar-refractivity contribution in [2.45, 2.75) is 58.0 Å². The number of carbonyl (C=O) groups is 1. The van der Waals surface area contributed by atoms with Gasteiger partial charge in [0.05, 0.1) is 16.8 Å². The fourth-order valence-corrected chi connectivity index (χ4v) is 3.23. The van der Waals surface area contributed by atoms with Gasteiger partial charge >= 0.3 is 0 Å². The predicted octanol–water partition coefficient (Wildman–Crippen LogP) is 3.04. The molecular formula is C14H22ClN3O. The Morgan fingerprint density at radius 3 is 3.05 bits per heavy atom. The third-order valence-electron chi connectivity index (χ3n) is 3.93. The average Bonchev–Trinajstić information content (AvgIpc) is 2.70. The van der Waals surface area contributed by atoms with Crippen LogP contribution in [0.4, 0.5) is 0 Å². The van der Waals surface area contributed by atoms with Gasteiger partial charge in [-0.3, -0.25) is 9.48 Å². The maximum Gasteiger partial charge on any atom is 0.202 e. The molecule has 4 nitrogen and oxygen atoms in total. The van der Waals surface area contributed by atoms with Crippen molar-refractivity contribution in [2.75, 3.05) is 0 Å². The van der Waals surface area contributed by atoms with Crippen LogP contribution >= 0.6 is 11.6 Å². The van der Waals surface area contributed by atoms with E-state index in [1.165, 1.54) is 0 Å². The van der Waals surface area contributed by atoms with E-state index in [0.717, 1.165) is 32.1 Å². The minimum absolute atomic E-state index is 0.0463. The number of hydrogen-bond donors (Lipinski definition) is 1. The molecule has 1 aromatic heterocycles. The van der Waals surface area contributed by atoms with E-state index < -0.39 is 5.54 Å². The molecule has 0 aliphatic heterocycles. The monoisotopic (exact) mass is 283 g/mol. The van der Waals surface area contributed by atoms with Crippen molar-refractivity contribution in [3.05, 3.63) is 16.9 Å². The number of aryl methyl sites for hydroxylation is 1. The second-order valence-electron chi connectivity index (χ2n) is 5.75. The Balaban J connectivity index is 2.30. The van der Waals surface area contributed by atoms with E-state index in [2.05, 4.69) is 12.0 Å². The summed E-state index contributed by atoms with van der Waals surface area (Å²) >= 11 is 6.13. The fraction of sp³-hybridized carbons (Fsp3) is 0.714. The highest BCUT2D eigenvalue weighted by molar-refractivity contribution is 6.34. The SMILES string of the molecule is CCCn1ncc(Cl)c1C(=O)C1(N)CCCC(C)C1. The summed E-state index contributed by atoms with van der Waals surface area (Å²) in [5.74, 6) is 0.444. The first-order chi connectivity index (χ1) is 8.98. The number of nitrogens with two attached hydrogens (primary N) is 1. The molecule has 0 amide bonds. The van der Waals surface area contributed by atoms with Crippen LogP contribution in [-0.2, 0) is 6.54 Å². The minimum Gasteiger partial charge on any atom is -0.319 e. The third-order valence-corrected chi connectivity index (χ3v) is 4.21. The summed E-state index contributed by atoms with van der Waals surface area (Å²) < 4.78 is 1.69. The van der Waals surface area contributed by atoms with E-state index in [0.29, 0.717) is 23.2 Å². The molecule has 19 heavy (non-hydrogen) atoms. The molecular weight excluding hydrogens is 262 g/mol. The highest BCUT2D eigenvalue weighted by Crippen LogP contribution is 2.34. The van der Waals surface area contributed by atoms with Crippen molar-refractivity contribution in [3.8, 4) is 0 Å². The summed E-state index contributed by atoms with van der Waals surface area (Å²) in [5, 5.41) is 4.60. The van der Waals surface area contributed by atoms with Gasteiger partial charge in [0.15, 0.2) is 0 Å². The molecule has 0 radical (unpaired) electrons. The van der Waals surface area contributed by atoms with E-state index in [9.17, 15) is 4.79 Å². The Hall–Kier alpha value is -0.870. The lowest BCUT2D eigenvalue weighted by Crippen LogP contribution is -2.51. The Morgan fingerprint density at radius 2 is 2.42 bits per heavy atom. The molecule has 2 atom stereocenters. The van der Waals surface area contributed by atoms with Gasteiger partial charge in [-0.1, -0.05) is 38.3 Å². The van der Waals surface area contributed by atoms with Gasteiger partial charge in [0.1, 0.15) is 5.69 Å². The Kier molecular flexibility index (Phi) is 4.31. The fourth-order valence-electron chi connectivity index (χ4n) is 3.00. The van der Waals surface area contributed by atoms with E-state index in [1.54, 1.807) is 10.9 Å². The molecule has 2 rings (SSSR count). The van der Waals surface area contributed by atoms with Crippen molar-refractivity contribution < 1.29 is 4.79 Å². The molecule has 2 unspecified atom stereocenters. The molecule has 1 aliphatic carbocycles. The first-order valence-electron chi connectivity index (χ1n) is 7.03. The summed E-state index contributed by atoms with van der Waals surface area (Å²) in [6.45, 7) is 4.89. The Morgan fingerprint density at radius 1 is 1.68 bits per heavy atom. The summed E-state index contributed by atoms with van der Waals surface area (Å²) in [7, 11) is 0. The molecule has 106 valence electrons. The molecule has 0 saturated heterocycles. The van der Waals surface area contributed by atoms with Crippen molar-refractivity contribution >= 4 is 17.4 Å². The van der Waals surface area contributed by atoms with Gasteiger partial charge < -0.3 is 5.73 Å². The second kappa shape index (κ2) is 5.63. The third kappa shape index (κ3) is 2.84. The minimum atomic E-state index is -0.771. The number of aromatic nitrogens is 2. The topological polar surface area (TPSA) is 60.9 Å². The molecule has 1 aliphatic rings. The number of Topliss-reactive ketones (excluding diaryl/α,β-unsaturated/α-hetero) is 1. The van der Waals surface area contributed by atoms with Crippen LogP contribution in [0.25, 0.3) is 0 Å². The highest BCUT2D eigenvalue weighted by Gasteiger charge is 2.40. The summed E-state index contributed by atoms with van der Waals surface area (Å²) in [4.78, 5) is 12.8. The lowest BCUT2D eigenvalue weighted by atomic mass is 9.74. The number of hydrogen-bond acceptors (Lipinski definition) is 3. The number of halogens is 1. The van der Waals surface area contributed by atoms with Crippen molar-refractivity contribution in [1.29, 1.82) is 0 Å². The van der Waals surface area contributed by atoms with Gasteiger partial charge in [0.25, 0.3) is 0 Å². The van der Waals surface area contributed by atoms with Crippen LogP contribution in [0, 0.1) is 5.92 Å². The molecule has 1 saturated carbocycles. The first-order valence-corrected chi connectivity index (χ1v) is 7.40. The molecule has 1 heterocycles. The zero-order valence-electron chi connectivity index (χ0n) is 11.7. The van der Waals surface area contributed by atoms with Crippen molar-refractivity contribution in [2.24, 2.45) is 11.7 Å². The Labute approximate surface area is 119 Å². The van der Waals surface area contributed by atoms with E-state index in [1.807, 2.05) is 6.92 Å². The van der Waals surface area contributed by atoms with Crippen molar-refractivity contribution in [1.82, 2.24) is 9.78 Å². The van der Waals surface area contributed by atoms with Gasteiger partial charge in [-0.25, -0.2) is 0 Å². The number of nitrogens with zero attached hydrogens (tertiary/aromatic N) is 2. The van der Waals surface area contributed by atoms with Crippen LogP contribution < -0.4 is 5.73 Å². The molecule has 0 spiro atoms. The molecule has 0 bridgehead atoms. The predicted molar refractivity (Wildman–Crippen MR) is 76.4 cm³/mol. The highest BCUT2D eigenvalue weighted by atomic mass is 35.5. The standard InChI is InChI=1S/C14H22ClN3O/c1-3-7-18-12(11(15)9-17-18)13(19)14(16)6-4-5-10(2)8-14/h9-10H,3-8,16H2,1-2H3. The zero-order chi connectivity index (χ0) is 14.0. The van der Waals surface area contributed by atoms with E-state index in [4.69, 9.17) is 17.3 Å². The average molecular weight is 284 g/mol. The Bertz CT molecular complexity index is 471. The maximum atomic E-state index is 12.8. The smallest absolute Gasteiger partial charge is 0.202 e. The van der Waals surface area contributed by atoms with Crippen molar-refractivity contribution in [3.63, 3.8) is 0 Å². The summed E-state index contributed by atoms with van der Waals surface area (Å²) in [6, 6.07) is 0. The van der Waals surface area contributed by atoms with E-state index >= 15 is 0 Å². The molecule has 5 heteroatoms. The summed E-state index contributed by atoms with van der Waals surface area (Å²) in [5.41, 5.74) is 6.08. The van der Waals surface area contributed by atoms with Crippen LogP contribution in [0.5, 0.6) is 0 Å². The van der Waals surface area contributed by atoms with Crippen LogP contribution in [-0.4, -0.2) is 21.1 Å². The molecule has 1 fully saturated rings. The quantitative estimate of drug-likeness (QED) is 0.864. The lowest BCUT2D eigenvalue weighted by Gasteiger charge is -2.35. The van der Waals surface area contributed by atoms with Crippen LogP contribution in [0.2, 0.25) is 5.02 Å². The van der Waals surface area contributed by atoms with Crippen LogP contribution in [0.1, 0.15) is 56.4 Å². The largest absolute Gasteiger partial charge is 0.319 e. The molecule has 2 N–H and O–H groups in total. The van der Waals surface area contributed by atoms with Gasteiger partial charge in [-0.15, -0.1) is 0 Å². The summed E-state index contributed by atoms with van der Waals surface area (Å²) in [6.07, 6.45) is 6.08. The van der Waals surface area contributed by atoms with Gasteiger partial charge in [0, 0.05) is 6.54 Å². The molecule has 0 aromatic carbocycles. The maximum absolute atomic E-state index is 12.8. The van der Waals surface area contributed by atoms with Crippen LogP contribution in [0.15, 0.2) is 6.20 Å². The number of carbonyl (C=O) groups excluding carboxylic acids is 1. The van der Waals surface area contributed by atoms with Gasteiger partial charge in [-0.2, -0.15) is 5.10 Å². The first kappa shape index (κ1) is 14.5. The van der Waals surface area contributed by atoms with Gasteiger partial charge in [0.2, 0.25) is 5.78 Å². The van der Waals surface area contributed by atoms with Crippen LogP contribution in [0.3, 0.4) is 0 Å². The second-order valence-corrected chi connectivity index (χ2v) is 6.16. The molecule has 1 aromatic rings. The number of ketones is 1.